The molecular weight excluding hydrogens is 280 g/mol. The number of phenolic OH excluding ortho intramolecular Hbond substituents is 1. The second-order valence-electron chi connectivity index (χ2n) is 5.20. The quantitative estimate of drug-likeness (QED) is 0.698. The Morgan fingerprint density at radius 2 is 2.15 bits per heavy atom. The van der Waals surface area contributed by atoms with E-state index in [1.54, 1.807) is 0 Å². The highest BCUT2D eigenvalue weighted by Gasteiger charge is 2.29. The zero-order valence-corrected chi connectivity index (χ0v) is 12.0. The Kier molecular flexibility index (Phi) is 4.01. The molecule has 0 saturated heterocycles. The van der Waals surface area contributed by atoms with E-state index in [9.17, 15) is 18.3 Å². The number of carbonyl (C=O) groups excluding carboxylic acids is 1. The summed E-state index contributed by atoms with van der Waals surface area (Å²) < 4.78 is 22.9. The Balaban J connectivity index is 2.09. The lowest BCUT2D eigenvalue weighted by molar-refractivity contribution is -0.116. The van der Waals surface area contributed by atoms with E-state index < -0.39 is 9.84 Å². The molecule has 0 bridgehead atoms. The first kappa shape index (κ1) is 14.8. The molecule has 1 amide bonds. The molecular formula is C13H18N2O4S. The molecule has 6 nitrogen and oxygen atoms in total. The van der Waals surface area contributed by atoms with Gasteiger partial charge in [0, 0.05) is 18.7 Å². The largest absolute Gasteiger partial charge is 0.506 e. The van der Waals surface area contributed by atoms with Gasteiger partial charge < -0.3 is 16.2 Å². The topological polar surface area (TPSA) is 109 Å². The van der Waals surface area contributed by atoms with Crippen LogP contribution in [0, 0.1) is 5.92 Å². The molecule has 1 saturated carbocycles. The predicted octanol–water partition coefficient (Wildman–Crippen LogP) is 0.862. The number of hydrogen-bond donors (Lipinski definition) is 3. The molecule has 1 aliphatic carbocycles. The van der Waals surface area contributed by atoms with Crippen molar-refractivity contribution in [3.8, 4) is 5.75 Å². The molecule has 1 unspecified atom stereocenters. The van der Waals surface area contributed by atoms with Crippen LogP contribution in [0.5, 0.6) is 5.75 Å². The van der Waals surface area contributed by atoms with Crippen molar-refractivity contribution >= 4 is 21.4 Å². The van der Waals surface area contributed by atoms with Crippen molar-refractivity contribution in [2.45, 2.75) is 30.2 Å². The molecule has 2 rings (SSSR count). The number of sulfone groups is 1. The van der Waals surface area contributed by atoms with Crippen LogP contribution in [-0.4, -0.2) is 31.7 Å². The van der Waals surface area contributed by atoms with Gasteiger partial charge >= 0.3 is 0 Å². The van der Waals surface area contributed by atoms with Crippen molar-refractivity contribution < 1.29 is 18.3 Å². The third-order valence-corrected chi connectivity index (χ3v) is 4.43. The van der Waals surface area contributed by atoms with Gasteiger partial charge in [0.15, 0.2) is 9.84 Å². The molecule has 1 fully saturated rings. The second-order valence-corrected chi connectivity index (χ2v) is 7.22. The van der Waals surface area contributed by atoms with E-state index in [1.807, 2.05) is 0 Å². The number of hydrogen-bond acceptors (Lipinski definition) is 5. The van der Waals surface area contributed by atoms with Crippen molar-refractivity contribution in [2.24, 2.45) is 11.7 Å². The third-order valence-electron chi connectivity index (χ3n) is 3.32. The zero-order chi connectivity index (χ0) is 14.9. The predicted molar refractivity (Wildman–Crippen MR) is 75.2 cm³/mol. The summed E-state index contributed by atoms with van der Waals surface area (Å²) in [7, 11) is -3.39. The molecule has 20 heavy (non-hydrogen) atoms. The van der Waals surface area contributed by atoms with Crippen LogP contribution in [0.3, 0.4) is 0 Å². The first-order valence-corrected chi connectivity index (χ1v) is 8.25. The second kappa shape index (κ2) is 5.41. The van der Waals surface area contributed by atoms with Gasteiger partial charge in [0.05, 0.1) is 10.6 Å². The van der Waals surface area contributed by atoms with Gasteiger partial charge in [0.25, 0.3) is 0 Å². The molecule has 7 heteroatoms. The van der Waals surface area contributed by atoms with Crippen molar-refractivity contribution in [1.29, 1.82) is 0 Å². The highest BCUT2D eigenvalue weighted by atomic mass is 32.2. The van der Waals surface area contributed by atoms with Crippen molar-refractivity contribution in [3.05, 3.63) is 18.2 Å². The number of nitrogens with one attached hydrogen (secondary N) is 1. The molecule has 0 heterocycles. The Morgan fingerprint density at radius 1 is 1.50 bits per heavy atom. The fraction of sp³-hybridized carbons (Fsp3) is 0.462. The standard InChI is InChI=1S/C13H18N2O4S/c1-20(18,19)9-4-5-12(16)11(6-9)15-13(17)7-10(14)8-2-3-8/h4-6,8,10,16H,2-3,7,14H2,1H3,(H,15,17). The van der Waals surface area contributed by atoms with Gasteiger partial charge in [-0.2, -0.15) is 0 Å². The number of aromatic hydroxyl groups is 1. The van der Waals surface area contributed by atoms with Crippen LogP contribution in [0.1, 0.15) is 19.3 Å². The number of nitrogens with two attached hydrogens (primary N) is 1. The Morgan fingerprint density at radius 3 is 2.70 bits per heavy atom. The number of benzene rings is 1. The van der Waals surface area contributed by atoms with Crippen molar-refractivity contribution in [2.75, 3.05) is 11.6 Å². The van der Waals surface area contributed by atoms with E-state index in [0.717, 1.165) is 19.1 Å². The maximum atomic E-state index is 11.8. The van der Waals surface area contributed by atoms with E-state index in [0.29, 0.717) is 5.92 Å². The monoisotopic (exact) mass is 298 g/mol. The maximum Gasteiger partial charge on any atom is 0.226 e. The lowest BCUT2D eigenvalue weighted by atomic mass is 10.1. The maximum absolute atomic E-state index is 11.8. The van der Waals surface area contributed by atoms with Crippen LogP contribution in [-0.2, 0) is 14.6 Å². The van der Waals surface area contributed by atoms with E-state index in [-0.39, 0.29) is 34.7 Å². The summed E-state index contributed by atoms with van der Waals surface area (Å²) >= 11 is 0. The fourth-order valence-electron chi connectivity index (χ4n) is 1.95. The summed E-state index contributed by atoms with van der Waals surface area (Å²) in [5.74, 6) is -0.104. The van der Waals surface area contributed by atoms with Gasteiger partial charge in [0.2, 0.25) is 5.91 Å². The molecule has 1 atom stereocenters. The van der Waals surface area contributed by atoms with E-state index in [4.69, 9.17) is 5.73 Å². The zero-order valence-electron chi connectivity index (χ0n) is 11.2. The first-order valence-electron chi connectivity index (χ1n) is 6.36. The molecule has 0 aliphatic heterocycles. The van der Waals surface area contributed by atoms with Gasteiger partial charge in [-0.05, 0) is 37.0 Å². The lowest BCUT2D eigenvalue weighted by Crippen LogP contribution is -2.28. The number of amides is 1. The molecule has 0 aromatic heterocycles. The molecule has 0 spiro atoms. The van der Waals surface area contributed by atoms with Crippen LogP contribution in [0.15, 0.2) is 23.1 Å². The fourth-order valence-corrected chi connectivity index (χ4v) is 2.60. The normalized spacial score (nSPS) is 16.7. The summed E-state index contributed by atoms with van der Waals surface area (Å²) in [6.45, 7) is 0. The Bertz CT molecular complexity index is 623. The minimum atomic E-state index is -3.39. The Hall–Kier alpha value is -1.60. The summed E-state index contributed by atoms with van der Waals surface area (Å²) in [6, 6.07) is 3.59. The van der Waals surface area contributed by atoms with Gasteiger partial charge in [-0.25, -0.2) is 8.42 Å². The van der Waals surface area contributed by atoms with Crippen LogP contribution in [0.2, 0.25) is 0 Å². The third kappa shape index (κ3) is 3.71. The van der Waals surface area contributed by atoms with Crippen LogP contribution < -0.4 is 11.1 Å². The van der Waals surface area contributed by atoms with Gasteiger partial charge in [0.1, 0.15) is 5.75 Å². The average Bonchev–Trinajstić information content (AvgIpc) is 3.14. The smallest absolute Gasteiger partial charge is 0.226 e. The van der Waals surface area contributed by atoms with E-state index in [2.05, 4.69) is 5.32 Å². The molecule has 1 aromatic rings. The average molecular weight is 298 g/mol. The minimum Gasteiger partial charge on any atom is -0.506 e. The van der Waals surface area contributed by atoms with Crippen LogP contribution >= 0.6 is 0 Å². The summed E-state index contributed by atoms with van der Waals surface area (Å²) in [5.41, 5.74) is 5.94. The Labute approximate surface area is 117 Å². The molecule has 0 radical (unpaired) electrons. The highest BCUT2D eigenvalue weighted by Crippen LogP contribution is 2.33. The number of anilines is 1. The first-order chi connectivity index (χ1) is 9.27. The molecule has 4 N–H and O–H groups in total. The highest BCUT2D eigenvalue weighted by molar-refractivity contribution is 7.90. The lowest BCUT2D eigenvalue weighted by Gasteiger charge is -2.12. The van der Waals surface area contributed by atoms with Gasteiger partial charge in [-0.1, -0.05) is 0 Å². The summed E-state index contributed by atoms with van der Waals surface area (Å²) in [6.07, 6.45) is 3.31. The van der Waals surface area contributed by atoms with Crippen LogP contribution in [0.4, 0.5) is 5.69 Å². The van der Waals surface area contributed by atoms with E-state index in [1.165, 1.54) is 18.2 Å². The number of rotatable bonds is 5. The summed E-state index contributed by atoms with van der Waals surface area (Å²) in [5, 5.41) is 12.2. The van der Waals surface area contributed by atoms with E-state index >= 15 is 0 Å². The van der Waals surface area contributed by atoms with Crippen LogP contribution in [0.25, 0.3) is 0 Å². The number of phenols is 1. The molecule has 1 aliphatic rings. The molecule has 1 aromatic carbocycles. The molecule has 110 valence electrons. The summed E-state index contributed by atoms with van der Waals surface area (Å²) in [4.78, 5) is 11.9. The SMILES string of the molecule is CS(=O)(=O)c1ccc(O)c(NC(=O)CC(N)C2CC2)c1. The van der Waals surface area contributed by atoms with Gasteiger partial charge in [-0.15, -0.1) is 0 Å². The van der Waals surface area contributed by atoms with Gasteiger partial charge in [-0.3, -0.25) is 4.79 Å². The minimum absolute atomic E-state index is 0.0390. The van der Waals surface area contributed by atoms with Crippen molar-refractivity contribution in [3.63, 3.8) is 0 Å². The number of carbonyl (C=O) groups is 1. The van der Waals surface area contributed by atoms with Crippen molar-refractivity contribution in [1.82, 2.24) is 0 Å².